The molecule has 0 unspecified atom stereocenters. The molecule has 4 nitrogen and oxygen atoms in total. The van der Waals surface area contributed by atoms with Crippen molar-refractivity contribution in [1.82, 2.24) is 5.16 Å². The molecule has 0 aliphatic rings. The highest BCUT2D eigenvalue weighted by molar-refractivity contribution is 7.97. The van der Waals surface area contributed by atoms with Gasteiger partial charge in [-0.05, 0) is 24.6 Å². The average Bonchev–Trinajstić information content (AvgIpc) is 2.84. The summed E-state index contributed by atoms with van der Waals surface area (Å²) in [4.78, 5) is 11.4. The van der Waals surface area contributed by atoms with Gasteiger partial charge in [-0.1, -0.05) is 17.3 Å². The van der Waals surface area contributed by atoms with E-state index in [-0.39, 0.29) is 5.97 Å². The first kappa shape index (κ1) is 13.7. The van der Waals surface area contributed by atoms with Crippen LogP contribution in [0.15, 0.2) is 34.9 Å². The third-order valence-corrected chi connectivity index (χ3v) is 3.58. The van der Waals surface area contributed by atoms with Crippen molar-refractivity contribution in [2.75, 3.05) is 7.11 Å². The molecule has 0 amide bonds. The Labute approximate surface area is 116 Å². The lowest BCUT2D eigenvalue weighted by atomic mass is 10.1. The van der Waals surface area contributed by atoms with Crippen LogP contribution in [0.2, 0.25) is 0 Å². The summed E-state index contributed by atoms with van der Waals surface area (Å²) in [6, 6.07) is 9.39. The standard InChI is InChI=1S/C14H15NO3S/c1-10-6-13(15-18-10)9-19-8-11-4-3-5-12(7-11)14(16)17-2/h3-7H,8-9H2,1-2H3. The lowest BCUT2D eigenvalue weighted by Crippen LogP contribution is -2.01. The molecule has 1 heterocycles. The monoisotopic (exact) mass is 277 g/mol. The van der Waals surface area contributed by atoms with Gasteiger partial charge in [-0.15, -0.1) is 0 Å². The minimum absolute atomic E-state index is 0.307. The summed E-state index contributed by atoms with van der Waals surface area (Å²) in [6.45, 7) is 1.88. The van der Waals surface area contributed by atoms with E-state index in [0.717, 1.165) is 28.5 Å². The molecule has 0 aliphatic carbocycles. The number of aromatic nitrogens is 1. The van der Waals surface area contributed by atoms with Crippen molar-refractivity contribution in [3.63, 3.8) is 0 Å². The second-order valence-corrected chi connectivity index (χ2v) is 5.10. The van der Waals surface area contributed by atoms with E-state index in [4.69, 9.17) is 9.26 Å². The number of benzene rings is 1. The number of rotatable bonds is 5. The third-order valence-electron chi connectivity index (χ3n) is 2.54. The van der Waals surface area contributed by atoms with Crippen LogP contribution in [-0.4, -0.2) is 18.2 Å². The van der Waals surface area contributed by atoms with Gasteiger partial charge in [-0.25, -0.2) is 4.79 Å². The van der Waals surface area contributed by atoms with Gasteiger partial charge >= 0.3 is 5.97 Å². The molecule has 0 bridgehead atoms. The Bertz CT molecular complexity index is 565. The quantitative estimate of drug-likeness (QED) is 0.785. The first-order chi connectivity index (χ1) is 9.19. The van der Waals surface area contributed by atoms with Crippen molar-refractivity contribution in [2.45, 2.75) is 18.4 Å². The molecule has 0 atom stereocenters. The highest BCUT2D eigenvalue weighted by Gasteiger charge is 2.06. The fourth-order valence-corrected chi connectivity index (χ4v) is 2.53. The number of carbonyl (C=O) groups is 1. The summed E-state index contributed by atoms with van der Waals surface area (Å²) in [5.41, 5.74) is 2.61. The van der Waals surface area contributed by atoms with Crippen LogP contribution in [0.25, 0.3) is 0 Å². The fraction of sp³-hybridized carbons (Fsp3) is 0.286. The minimum Gasteiger partial charge on any atom is -0.465 e. The predicted molar refractivity (Wildman–Crippen MR) is 74.0 cm³/mol. The largest absolute Gasteiger partial charge is 0.465 e. The van der Waals surface area contributed by atoms with Gasteiger partial charge in [-0.2, -0.15) is 11.8 Å². The van der Waals surface area contributed by atoms with Crippen LogP contribution in [0.3, 0.4) is 0 Å². The lowest BCUT2D eigenvalue weighted by molar-refractivity contribution is 0.0600. The Morgan fingerprint density at radius 3 is 2.89 bits per heavy atom. The van der Waals surface area contributed by atoms with Gasteiger partial charge < -0.3 is 9.26 Å². The number of methoxy groups -OCH3 is 1. The van der Waals surface area contributed by atoms with Crippen LogP contribution in [0.5, 0.6) is 0 Å². The number of hydrogen-bond acceptors (Lipinski definition) is 5. The van der Waals surface area contributed by atoms with Crippen molar-refractivity contribution in [3.05, 3.63) is 52.9 Å². The second-order valence-electron chi connectivity index (χ2n) is 4.11. The topological polar surface area (TPSA) is 52.3 Å². The maximum Gasteiger partial charge on any atom is 0.337 e. The van der Waals surface area contributed by atoms with Crippen molar-refractivity contribution in [3.8, 4) is 0 Å². The molecule has 1 aromatic carbocycles. The van der Waals surface area contributed by atoms with Crippen molar-refractivity contribution in [1.29, 1.82) is 0 Å². The van der Waals surface area contributed by atoms with Crippen LogP contribution < -0.4 is 0 Å². The maximum absolute atomic E-state index is 11.4. The van der Waals surface area contributed by atoms with Crippen LogP contribution in [-0.2, 0) is 16.2 Å². The normalized spacial score (nSPS) is 10.4. The van der Waals surface area contributed by atoms with E-state index >= 15 is 0 Å². The molecule has 2 rings (SSSR count). The average molecular weight is 277 g/mol. The third kappa shape index (κ3) is 3.86. The molecule has 1 aromatic heterocycles. The highest BCUT2D eigenvalue weighted by Crippen LogP contribution is 2.18. The van der Waals surface area contributed by atoms with Gasteiger partial charge in [0.05, 0.1) is 18.4 Å². The SMILES string of the molecule is COC(=O)c1cccc(CSCc2cc(C)on2)c1. The number of aryl methyl sites for hydroxylation is 1. The van der Waals surface area contributed by atoms with E-state index in [0.29, 0.717) is 5.56 Å². The van der Waals surface area contributed by atoms with Gasteiger partial charge in [0.1, 0.15) is 5.76 Å². The summed E-state index contributed by atoms with van der Waals surface area (Å²) >= 11 is 1.73. The summed E-state index contributed by atoms with van der Waals surface area (Å²) in [7, 11) is 1.39. The molecule has 0 radical (unpaired) electrons. The zero-order valence-corrected chi connectivity index (χ0v) is 11.7. The van der Waals surface area contributed by atoms with Crippen LogP contribution in [0.4, 0.5) is 0 Å². The molecule has 5 heteroatoms. The van der Waals surface area contributed by atoms with Crippen LogP contribution >= 0.6 is 11.8 Å². The van der Waals surface area contributed by atoms with Gasteiger partial charge in [0.2, 0.25) is 0 Å². The fourth-order valence-electron chi connectivity index (χ4n) is 1.67. The van der Waals surface area contributed by atoms with E-state index in [1.165, 1.54) is 7.11 Å². The van der Waals surface area contributed by atoms with Gasteiger partial charge in [0, 0.05) is 17.6 Å². The zero-order chi connectivity index (χ0) is 13.7. The highest BCUT2D eigenvalue weighted by atomic mass is 32.2. The van der Waals surface area contributed by atoms with Crippen molar-refractivity contribution < 1.29 is 14.1 Å². The van der Waals surface area contributed by atoms with Crippen molar-refractivity contribution >= 4 is 17.7 Å². The lowest BCUT2D eigenvalue weighted by Gasteiger charge is -2.03. The van der Waals surface area contributed by atoms with E-state index in [2.05, 4.69) is 5.16 Å². The van der Waals surface area contributed by atoms with Crippen LogP contribution in [0.1, 0.15) is 27.4 Å². The summed E-state index contributed by atoms with van der Waals surface area (Å²) in [6.07, 6.45) is 0. The number of carbonyl (C=O) groups excluding carboxylic acids is 1. The summed E-state index contributed by atoms with van der Waals surface area (Å²) in [5.74, 6) is 2.12. The zero-order valence-electron chi connectivity index (χ0n) is 10.9. The molecule has 19 heavy (non-hydrogen) atoms. The molecule has 2 aromatic rings. The number of nitrogens with zero attached hydrogens (tertiary/aromatic N) is 1. The number of thioether (sulfide) groups is 1. The predicted octanol–water partition coefficient (Wildman–Crippen LogP) is 3.20. The maximum atomic E-state index is 11.4. The molecule has 0 fully saturated rings. The smallest absolute Gasteiger partial charge is 0.337 e. The molecule has 100 valence electrons. The molecule has 0 N–H and O–H groups in total. The Balaban J connectivity index is 1.90. The molecule has 0 saturated carbocycles. The molecular formula is C14H15NO3S. The van der Waals surface area contributed by atoms with E-state index in [1.54, 1.807) is 17.8 Å². The summed E-state index contributed by atoms with van der Waals surface area (Å²) < 4.78 is 9.71. The van der Waals surface area contributed by atoms with Crippen molar-refractivity contribution in [2.24, 2.45) is 0 Å². The second kappa shape index (κ2) is 6.43. The Kier molecular flexibility index (Phi) is 4.63. The molecule has 0 saturated heterocycles. The first-order valence-corrected chi connectivity index (χ1v) is 7.01. The minimum atomic E-state index is -0.307. The molecular weight excluding hydrogens is 262 g/mol. The Morgan fingerprint density at radius 1 is 1.37 bits per heavy atom. The van der Waals surface area contributed by atoms with Crippen LogP contribution in [0, 0.1) is 6.92 Å². The number of hydrogen-bond donors (Lipinski definition) is 0. The van der Waals surface area contributed by atoms with E-state index in [1.807, 2.05) is 31.2 Å². The van der Waals surface area contributed by atoms with Gasteiger partial charge in [0.15, 0.2) is 0 Å². The van der Waals surface area contributed by atoms with E-state index in [9.17, 15) is 4.79 Å². The van der Waals surface area contributed by atoms with Gasteiger partial charge in [-0.3, -0.25) is 0 Å². The van der Waals surface area contributed by atoms with E-state index < -0.39 is 0 Å². The van der Waals surface area contributed by atoms with Gasteiger partial charge in [0.25, 0.3) is 0 Å². The number of esters is 1. The Morgan fingerprint density at radius 2 is 2.21 bits per heavy atom. The molecule has 0 spiro atoms. The summed E-state index contributed by atoms with van der Waals surface area (Å²) in [5, 5.41) is 3.94. The molecule has 0 aliphatic heterocycles. The number of ether oxygens (including phenoxy) is 1. The Hall–Kier alpha value is -1.75. The first-order valence-electron chi connectivity index (χ1n) is 5.86.